The molecule has 3 rings (SSSR count). The van der Waals surface area contributed by atoms with Crippen LogP contribution in [0.1, 0.15) is 15.9 Å². The van der Waals surface area contributed by atoms with Crippen molar-refractivity contribution in [2.45, 2.75) is 6.54 Å². The Kier molecular flexibility index (Phi) is 4.56. The number of nitro groups is 1. The minimum atomic E-state index is -1.38. The van der Waals surface area contributed by atoms with Gasteiger partial charge >= 0.3 is 5.97 Å². The molecule has 1 heterocycles. The van der Waals surface area contributed by atoms with Crippen molar-refractivity contribution in [3.05, 3.63) is 63.7 Å². The number of aromatic nitrogens is 4. The third-order valence-corrected chi connectivity index (χ3v) is 3.62. The number of nitro benzene ring substituents is 1. The van der Waals surface area contributed by atoms with Crippen molar-refractivity contribution in [3.63, 3.8) is 0 Å². The Labute approximate surface area is 146 Å². The summed E-state index contributed by atoms with van der Waals surface area (Å²) >= 11 is 0. The molecule has 26 heavy (non-hydrogen) atoms. The molecule has 0 aliphatic carbocycles. The molecule has 0 spiro atoms. The van der Waals surface area contributed by atoms with E-state index in [1.54, 1.807) is 19.2 Å². The zero-order chi connectivity index (χ0) is 18.7. The van der Waals surface area contributed by atoms with Gasteiger partial charge in [0.05, 0.1) is 18.6 Å². The summed E-state index contributed by atoms with van der Waals surface area (Å²) < 4.78 is 5.09. The van der Waals surface area contributed by atoms with E-state index in [2.05, 4.69) is 15.4 Å². The van der Waals surface area contributed by atoms with E-state index in [0.29, 0.717) is 12.1 Å². The third-order valence-electron chi connectivity index (χ3n) is 3.62. The van der Waals surface area contributed by atoms with E-state index >= 15 is 0 Å². The third kappa shape index (κ3) is 3.48. The van der Waals surface area contributed by atoms with E-state index in [1.165, 1.54) is 10.9 Å². The Hall–Kier alpha value is -3.82. The van der Waals surface area contributed by atoms with Crippen molar-refractivity contribution in [2.75, 3.05) is 7.11 Å². The molecule has 0 bridgehead atoms. The van der Waals surface area contributed by atoms with Gasteiger partial charge in [-0.1, -0.05) is 12.1 Å². The molecular weight excluding hydrogens is 342 g/mol. The fraction of sp³-hybridized carbons (Fsp3) is 0.125. The smallest absolute Gasteiger partial charge is 0.342 e. The first-order valence-electron chi connectivity index (χ1n) is 7.41. The van der Waals surface area contributed by atoms with Gasteiger partial charge in [-0.3, -0.25) is 10.1 Å². The predicted octanol–water partition coefficient (Wildman–Crippen LogP) is 2.00. The number of carboxylic acid groups (broad SMARTS) is 1. The maximum atomic E-state index is 11.1. The maximum Gasteiger partial charge on any atom is 0.342 e. The highest BCUT2D eigenvalue weighted by Crippen LogP contribution is 2.25. The lowest BCUT2D eigenvalue weighted by molar-refractivity contribution is -0.385. The minimum absolute atomic E-state index is 0.165. The van der Waals surface area contributed by atoms with E-state index in [1.807, 2.05) is 12.1 Å². The van der Waals surface area contributed by atoms with Crippen LogP contribution in [-0.2, 0) is 6.54 Å². The van der Waals surface area contributed by atoms with E-state index in [-0.39, 0.29) is 5.82 Å². The molecule has 0 radical (unpaired) electrons. The summed E-state index contributed by atoms with van der Waals surface area (Å²) in [5.74, 6) is -0.482. The van der Waals surface area contributed by atoms with Crippen LogP contribution in [-0.4, -0.2) is 43.3 Å². The molecule has 0 aliphatic rings. The zero-order valence-corrected chi connectivity index (χ0v) is 13.6. The lowest BCUT2D eigenvalue weighted by Gasteiger charge is -2.02. The first kappa shape index (κ1) is 17.0. The number of aromatic carboxylic acids is 1. The summed E-state index contributed by atoms with van der Waals surface area (Å²) in [7, 11) is 1.58. The molecule has 3 aromatic rings. The SMILES string of the molecule is COc1ccc(Cn2nnc(-c3ccc(C(=O)O)c([N+](=O)[O-])c3)n2)cc1. The van der Waals surface area contributed by atoms with Crippen LogP contribution >= 0.6 is 0 Å². The van der Waals surface area contributed by atoms with E-state index in [4.69, 9.17) is 9.84 Å². The van der Waals surface area contributed by atoms with Crippen LogP contribution in [0.5, 0.6) is 5.75 Å². The molecule has 0 atom stereocenters. The van der Waals surface area contributed by atoms with E-state index < -0.39 is 22.1 Å². The van der Waals surface area contributed by atoms with Gasteiger partial charge in [0.15, 0.2) is 0 Å². The van der Waals surface area contributed by atoms with Gasteiger partial charge in [-0.2, -0.15) is 4.80 Å². The number of benzene rings is 2. The van der Waals surface area contributed by atoms with Crippen molar-refractivity contribution in [2.24, 2.45) is 0 Å². The highest BCUT2D eigenvalue weighted by Gasteiger charge is 2.21. The Balaban J connectivity index is 1.86. The number of hydrogen-bond donors (Lipinski definition) is 1. The van der Waals surface area contributed by atoms with Crippen molar-refractivity contribution < 1.29 is 19.6 Å². The molecule has 10 nitrogen and oxygen atoms in total. The topological polar surface area (TPSA) is 133 Å². The number of tetrazole rings is 1. The van der Waals surface area contributed by atoms with Crippen LogP contribution in [0.25, 0.3) is 11.4 Å². The molecule has 0 saturated carbocycles. The first-order chi connectivity index (χ1) is 12.5. The molecule has 1 aromatic heterocycles. The minimum Gasteiger partial charge on any atom is -0.497 e. The zero-order valence-electron chi connectivity index (χ0n) is 13.6. The van der Waals surface area contributed by atoms with Gasteiger partial charge in [-0.15, -0.1) is 10.2 Å². The number of carboxylic acids is 1. The van der Waals surface area contributed by atoms with Crippen LogP contribution in [0.2, 0.25) is 0 Å². The average Bonchev–Trinajstić information content (AvgIpc) is 3.10. The molecule has 0 unspecified atom stereocenters. The van der Waals surface area contributed by atoms with Crippen LogP contribution < -0.4 is 4.74 Å². The Morgan fingerprint density at radius 2 is 2.00 bits per heavy atom. The highest BCUT2D eigenvalue weighted by atomic mass is 16.6. The lowest BCUT2D eigenvalue weighted by atomic mass is 10.1. The number of hydrogen-bond acceptors (Lipinski definition) is 7. The number of rotatable bonds is 6. The van der Waals surface area contributed by atoms with Crippen molar-refractivity contribution in [1.82, 2.24) is 20.2 Å². The summed E-state index contributed by atoms with van der Waals surface area (Å²) in [6.45, 7) is 0.353. The second kappa shape index (κ2) is 6.97. The van der Waals surface area contributed by atoms with Crippen LogP contribution in [0, 0.1) is 10.1 Å². The summed E-state index contributed by atoms with van der Waals surface area (Å²) in [5.41, 5.74) is 0.301. The van der Waals surface area contributed by atoms with Crippen molar-refractivity contribution in [3.8, 4) is 17.1 Å². The average molecular weight is 355 g/mol. The molecule has 0 aliphatic heterocycles. The molecule has 2 aromatic carbocycles. The Morgan fingerprint density at radius 1 is 1.27 bits per heavy atom. The quantitative estimate of drug-likeness (QED) is 0.524. The van der Waals surface area contributed by atoms with Gasteiger partial charge in [0.2, 0.25) is 5.82 Å². The van der Waals surface area contributed by atoms with E-state index in [0.717, 1.165) is 23.4 Å². The molecule has 0 amide bonds. The highest BCUT2D eigenvalue weighted by molar-refractivity contribution is 5.93. The molecular formula is C16H13N5O5. The molecule has 10 heteroatoms. The Morgan fingerprint density at radius 3 is 2.62 bits per heavy atom. The van der Waals surface area contributed by atoms with Gasteiger partial charge in [0.1, 0.15) is 11.3 Å². The van der Waals surface area contributed by atoms with Crippen molar-refractivity contribution >= 4 is 11.7 Å². The largest absolute Gasteiger partial charge is 0.497 e. The summed E-state index contributed by atoms with van der Waals surface area (Å²) in [6.07, 6.45) is 0. The van der Waals surface area contributed by atoms with Crippen molar-refractivity contribution in [1.29, 1.82) is 0 Å². The number of ether oxygens (including phenoxy) is 1. The van der Waals surface area contributed by atoms with Crippen LogP contribution in [0.15, 0.2) is 42.5 Å². The lowest BCUT2D eigenvalue weighted by Crippen LogP contribution is -2.04. The van der Waals surface area contributed by atoms with Gasteiger partial charge in [0.25, 0.3) is 5.69 Å². The Bertz CT molecular complexity index is 967. The van der Waals surface area contributed by atoms with Gasteiger partial charge in [0, 0.05) is 11.6 Å². The summed E-state index contributed by atoms with van der Waals surface area (Å²) in [5, 5.41) is 32.1. The molecule has 0 fully saturated rings. The van der Waals surface area contributed by atoms with Crippen LogP contribution in [0.4, 0.5) is 5.69 Å². The first-order valence-corrected chi connectivity index (χ1v) is 7.41. The second-order valence-corrected chi connectivity index (χ2v) is 5.29. The molecule has 132 valence electrons. The number of methoxy groups -OCH3 is 1. The van der Waals surface area contributed by atoms with E-state index in [9.17, 15) is 14.9 Å². The van der Waals surface area contributed by atoms with Gasteiger partial charge in [-0.05, 0) is 35.0 Å². The summed E-state index contributed by atoms with van der Waals surface area (Å²) in [4.78, 5) is 22.7. The fourth-order valence-corrected chi connectivity index (χ4v) is 2.32. The normalized spacial score (nSPS) is 10.5. The standard InChI is InChI=1S/C16H13N5O5/c1-26-12-5-2-10(3-6-12)9-20-18-15(17-19-20)11-4-7-13(16(22)23)14(8-11)21(24)25/h2-8H,9H2,1H3,(H,22,23). The second-order valence-electron chi connectivity index (χ2n) is 5.29. The van der Waals surface area contributed by atoms with Crippen LogP contribution in [0.3, 0.4) is 0 Å². The van der Waals surface area contributed by atoms with Gasteiger partial charge in [-0.25, -0.2) is 4.79 Å². The maximum absolute atomic E-state index is 11.1. The monoisotopic (exact) mass is 355 g/mol. The predicted molar refractivity (Wildman–Crippen MR) is 89.0 cm³/mol. The van der Waals surface area contributed by atoms with Gasteiger partial charge < -0.3 is 9.84 Å². The molecule has 0 saturated heterocycles. The number of nitrogens with zero attached hydrogens (tertiary/aromatic N) is 5. The summed E-state index contributed by atoms with van der Waals surface area (Å²) in [6, 6.07) is 11.0. The number of carbonyl (C=O) groups is 1. The molecule has 1 N–H and O–H groups in total. The fourth-order valence-electron chi connectivity index (χ4n) is 2.32.